The van der Waals surface area contributed by atoms with Crippen LogP contribution in [-0.2, 0) is 6.54 Å². The Hall–Kier alpha value is -2.87. The van der Waals surface area contributed by atoms with Crippen LogP contribution >= 0.6 is 0 Å². The van der Waals surface area contributed by atoms with Crippen molar-refractivity contribution in [2.24, 2.45) is 0 Å². The quantitative estimate of drug-likeness (QED) is 0.776. The summed E-state index contributed by atoms with van der Waals surface area (Å²) in [5.74, 6) is -1.00. The Morgan fingerprint density at radius 1 is 1.24 bits per heavy atom. The number of methoxy groups -OCH3 is 1. The molecule has 1 aromatic heterocycles. The van der Waals surface area contributed by atoms with Crippen molar-refractivity contribution in [2.45, 2.75) is 20.4 Å². The molecular formula is C17H21N3O5. The van der Waals surface area contributed by atoms with Crippen LogP contribution in [0, 0.1) is 0 Å². The molecule has 0 aliphatic carbocycles. The number of carboxylic acids is 1. The van der Waals surface area contributed by atoms with E-state index >= 15 is 0 Å². The third-order valence-corrected chi connectivity index (χ3v) is 4.01. The summed E-state index contributed by atoms with van der Waals surface area (Å²) in [6.45, 7) is 5.23. The van der Waals surface area contributed by atoms with E-state index in [1.165, 1.54) is 7.11 Å². The van der Waals surface area contributed by atoms with E-state index in [4.69, 9.17) is 4.74 Å². The normalized spacial score (nSPS) is 10.9. The number of hydrogen-bond donors (Lipinski definition) is 2. The molecule has 0 unspecified atom stereocenters. The second-order valence-electron chi connectivity index (χ2n) is 5.36. The van der Waals surface area contributed by atoms with Gasteiger partial charge in [0.05, 0.1) is 18.4 Å². The van der Waals surface area contributed by atoms with Gasteiger partial charge in [-0.15, -0.1) is 0 Å². The van der Waals surface area contributed by atoms with Crippen molar-refractivity contribution in [3.8, 4) is 11.4 Å². The van der Waals surface area contributed by atoms with Crippen molar-refractivity contribution < 1.29 is 14.6 Å². The number of H-pyrrole nitrogens is 1. The lowest BCUT2D eigenvalue weighted by Gasteiger charge is -2.19. The first-order chi connectivity index (χ1) is 11.9. The summed E-state index contributed by atoms with van der Waals surface area (Å²) in [6, 6.07) is 6.57. The van der Waals surface area contributed by atoms with Crippen molar-refractivity contribution in [1.82, 2.24) is 14.5 Å². The number of nitrogens with zero attached hydrogens (tertiary/aromatic N) is 2. The smallest absolute Gasteiger partial charge is 0.352 e. The Morgan fingerprint density at radius 3 is 2.44 bits per heavy atom. The number of para-hydroxylation sites is 2. The Kier molecular flexibility index (Phi) is 5.76. The highest BCUT2D eigenvalue weighted by molar-refractivity contribution is 5.86. The van der Waals surface area contributed by atoms with Gasteiger partial charge in [-0.25, -0.2) is 14.2 Å². The van der Waals surface area contributed by atoms with Crippen LogP contribution in [0.4, 0.5) is 0 Å². The molecule has 1 aromatic carbocycles. The van der Waals surface area contributed by atoms with Crippen LogP contribution in [0.1, 0.15) is 29.9 Å². The molecule has 0 radical (unpaired) electrons. The van der Waals surface area contributed by atoms with Crippen LogP contribution in [0.25, 0.3) is 5.69 Å². The highest BCUT2D eigenvalue weighted by Crippen LogP contribution is 2.19. The minimum atomic E-state index is -1.34. The molecule has 0 amide bonds. The Balaban J connectivity index is 2.77. The van der Waals surface area contributed by atoms with Gasteiger partial charge in [0, 0.05) is 6.54 Å². The van der Waals surface area contributed by atoms with E-state index in [-0.39, 0.29) is 23.5 Å². The highest BCUT2D eigenvalue weighted by atomic mass is 16.5. The number of benzene rings is 1. The summed E-state index contributed by atoms with van der Waals surface area (Å²) >= 11 is 0. The van der Waals surface area contributed by atoms with Crippen LogP contribution in [0.5, 0.6) is 5.75 Å². The molecule has 2 rings (SSSR count). The lowest BCUT2D eigenvalue weighted by atomic mass is 10.2. The molecule has 2 aromatic rings. The van der Waals surface area contributed by atoms with Crippen LogP contribution in [0.2, 0.25) is 0 Å². The zero-order chi connectivity index (χ0) is 18.6. The molecule has 0 aliphatic heterocycles. The monoisotopic (exact) mass is 347 g/mol. The molecule has 8 heteroatoms. The molecule has 0 bridgehead atoms. The molecule has 8 nitrogen and oxygen atoms in total. The van der Waals surface area contributed by atoms with Gasteiger partial charge in [-0.1, -0.05) is 26.0 Å². The summed E-state index contributed by atoms with van der Waals surface area (Å²) in [5, 5.41) is 9.37. The molecule has 0 aliphatic rings. The molecule has 2 N–H and O–H groups in total. The van der Waals surface area contributed by atoms with Crippen molar-refractivity contribution in [2.75, 3.05) is 20.2 Å². The van der Waals surface area contributed by atoms with E-state index in [0.717, 1.165) is 4.57 Å². The SMILES string of the molecule is CCN(CC)Cc1c(C(=O)O)[nH]c(=O)n(-c2ccccc2OC)c1=O. The predicted octanol–water partition coefficient (Wildman–Crippen LogP) is 1.07. The fourth-order valence-electron chi connectivity index (χ4n) is 2.61. The molecule has 0 saturated carbocycles. The number of ether oxygens (including phenoxy) is 1. The van der Waals surface area contributed by atoms with Gasteiger partial charge in [-0.2, -0.15) is 0 Å². The van der Waals surface area contributed by atoms with Gasteiger partial charge in [0.15, 0.2) is 0 Å². The fourth-order valence-corrected chi connectivity index (χ4v) is 2.61. The van der Waals surface area contributed by atoms with Crippen molar-refractivity contribution in [3.05, 3.63) is 56.4 Å². The van der Waals surface area contributed by atoms with Gasteiger partial charge >= 0.3 is 11.7 Å². The highest BCUT2D eigenvalue weighted by Gasteiger charge is 2.22. The lowest BCUT2D eigenvalue weighted by Crippen LogP contribution is -2.40. The number of aromatic carboxylic acids is 1. The van der Waals surface area contributed by atoms with Crippen molar-refractivity contribution in [3.63, 3.8) is 0 Å². The van der Waals surface area contributed by atoms with Crippen molar-refractivity contribution in [1.29, 1.82) is 0 Å². The third-order valence-electron chi connectivity index (χ3n) is 4.01. The van der Waals surface area contributed by atoms with Gasteiger partial charge in [0.1, 0.15) is 11.4 Å². The molecule has 134 valence electrons. The number of carbonyl (C=O) groups is 1. The number of nitrogens with one attached hydrogen (secondary N) is 1. The number of carboxylic acid groups (broad SMARTS) is 1. The topological polar surface area (TPSA) is 105 Å². The van der Waals surface area contributed by atoms with Crippen LogP contribution in [0.3, 0.4) is 0 Å². The van der Waals surface area contributed by atoms with E-state index in [2.05, 4.69) is 4.98 Å². The number of aromatic nitrogens is 2. The standard InChI is InChI=1S/C17H21N3O5/c1-4-19(5-2)10-11-14(16(22)23)18-17(24)20(15(11)21)12-8-6-7-9-13(12)25-3/h6-9H,4-5,10H2,1-3H3,(H,18,24)(H,22,23). The van der Waals surface area contributed by atoms with Crippen LogP contribution in [-0.4, -0.2) is 45.7 Å². The Morgan fingerprint density at radius 2 is 1.88 bits per heavy atom. The van der Waals surface area contributed by atoms with Crippen molar-refractivity contribution >= 4 is 5.97 Å². The van der Waals surface area contributed by atoms with Crippen LogP contribution in [0.15, 0.2) is 33.9 Å². The summed E-state index contributed by atoms with van der Waals surface area (Å²) in [4.78, 5) is 41.0. The summed E-state index contributed by atoms with van der Waals surface area (Å²) in [6.07, 6.45) is 0. The molecule has 1 heterocycles. The predicted molar refractivity (Wildman–Crippen MR) is 92.8 cm³/mol. The van der Waals surface area contributed by atoms with E-state index < -0.39 is 17.2 Å². The lowest BCUT2D eigenvalue weighted by molar-refractivity contribution is 0.0686. The summed E-state index contributed by atoms with van der Waals surface area (Å²) < 4.78 is 6.12. The molecule has 0 fully saturated rings. The van der Waals surface area contributed by atoms with E-state index in [0.29, 0.717) is 18.8 Å². The van der Waals surface area contributed by atoms with Gasteiger partial charge in [0.25, 0.3) is 5.56 Å². The second kappa shape index (κ2) is 7.80. The first-order valence-electron chi connectivity index (χ1n) is 7.91. The Bertz CT molecular complexity index is 881. The van der Waals surface area contributed by atoms with Gasteiger partial charge in [-0.3, -0.25) is 9.69 Å². The number of rotatable bonds is 7. The maximum atomic E-state index is 12.9. The number of hydrogen-bond acceptors (Lipinski definition) is 5. The maximum absolute atomic E-state index is 12.9. The van der Waals surface area contributed by atoms with E-state index in [1.54, 1.807) is 24.3 Å². The second-order valence-corrected chi connectivity index (χ2v) is 5.36. The summed E-state index contributed by atoms with van der Waals surface area (Å²) in [7, 11) is 1.43. The fraction of sp³-hybridized carbons (Fsp3) is 0.353. The first kappa shape index (κ1) is 18.5. The molecule has 0 saturated heterocycles. The average Bonchev–Trinajstić information content (AvgIpc) is 2.61. The molecule has 0 spiro atoms. The minimum Gasteiger partial charge on any atom is -0.495 e. The zero-order valence-corrected chi connectivity index (χ0v) is 14.4. The molecule has 0 atom stereocenters. The average molecular weight is 347 g/mol. The van der Waals surface area contributed by atoms with Gasteiger partial charge in [-0.05, 0) is 25.2 Å². The Labute approximate surface area is 144 Å². The van der Waals surface area contributed by atoms with E-state index in [9.17, 15) is 19.5 Å². The van der Waals surface area contributed by atoms with Crippen LogP contribution < -0.4 is 16.0 Å². The third kappa shape index (κ3) is 3.63. The first-order valence-corrected chi connectivity index (χ1v) is 7.91. The van der Waals surface area contributed by atoms with Gasteiger partial charge < -0.3 is 14.8 Å². The number of aromatic amines is 1. The minimum absolute atomic E-state index is 0.0294. The van der Waals surface area contributed by atoms with E-state index in [1.807, 2.05) is 18.7 Å². The molecule has 25 heavy (non-hydrogen) atoms. The molecular weight excluding hydrogens is 326 g/mol. The van der Waals surface area contributed by atoms with Gasteiger partial charge in [0.2, 0.25) is 0 Å². The maximum Gasteiger partial charge on any atom is 0.352 e. The zero-order valence-electron chi connectivity index (χ0n) is 14.4. The summed E-state index contributed by atoms with van der Waals surface area (Å²) in [5.41, 5.74) is -1.59. The largest absolute Gasteiger partial charge is 0.495 e.